The van der Waals surface area contributed by atoms with Crippen LogP contribution in [-0.2, 0) is 8.85 Å². The van der Waals surface area contributed by atoms with Gasteiger partial charge in [-0.05, 0) is 72.7 Å². The Hall–Kier alpha value is -1.46. The molecule has 0 spiro atoms. The van der Waals surface area contributed by atoms with E-state index >= 15 is 0 Å². The van der Waals surface area contributed by atoms with Crippen LogP contribution in [0, 0.1) is 0 Å². The Morgan fingerprint density at radius 2 is 1.33 bits per heavy atom. The van der Waals surface area contributed by atoms with E-state index in [1.54, 1.807) is 0 Å². The van der Waals surface area contributed by atoms with Crippen molar-refractivity contribution in [3.63, 3.8) is 0 Å². The van der Waals surface area contributed by atoms with E-state index in [1.165, 1.54) is 15.5 Å². The third-order valence-corrected chi connectivity index (χ3v) is 18.0. The number of nitrogens with zero attached hydrogens (tertiary/aromatic N) is 1. The second kappa shape index (κ2) is 10.4. The lowest BCUT2D eigenvalue weighted by atomic mass is 10.2. The van der Waals surface area contributed by atoms with E-state index in [4.69, 9.17) is 8.85 Å². The van der Waals surface area contributed by atoms with Crippen LogP contribution in [0.25, 0.3) is 0 Å². The van der Waals surface area contributed by atoms with Crippen LogP contribution in [0.5, 0.6) is 0 Å². The predicted molar refractivity (Wildman–Crippen MR) is 163 cm³/mol. The van der Waals surface area contributed by atoms with Gasteiger partial charge in [-0.1, -0.05) is 53.3 Å². The van der Waals surface area contributed by atoms with Gasteiger partial charge in [0, 0.05) is 35.3 Å². The summed E-state index contributed by atoms with van der Waals surface area (Å²) >= 11 is 1.81. The fourth-order valence-corrected chi connectivity index (χ4v) is 6.72. The first-order valence-electron chi connectivity index (χ1n) is 12.9. The van der Waals surface area contributed by atoms with Crippen LogP contribution in [0.1, 0.15) is 41.5 Å². The van der Waals surface area contributed by atoms with Crippen molar-refractivity contribution in [2.24, 2.45) is 0 Å². The third-order valence-electron chi connectivity index (χ3n) is 7.89. The Kier molecular flexibility index (Phi) is 8.38. The normalized spacial score (nSPS) is 14.2. The molecule has 0 unspecified atom stereocenters. The maximum absolute atomic E-state index is 6.81. The fourth-order valence-electron chi connectivity index (χ4n) is 3.39. The molecule has 0 saturated heterocycles. The number of nitrogens with one attached hydrogen (secondary N) is 2. The highest BCUT2D eigenvalue weighted by molar-refractivity contribution is 7.99. The van der Waals surface area contributed by atoms with Crippen LogP contribution in [-0.4, -0.2) is 43.6 Å². The van der Waals surface area contributed by atoms with Gasteiger partial charge >= 0.3 is 0 Å². The average Bonchev–Trinajstić information content (AvgIpc) is 2.73. The summed E-state index contributed by atoms with van der Waals surface area (Å²) in [6.45, 7) is 23.5. The molecule has 5 nitrogen and oxygen atoms in total. The Balaban J connectivity index is 1.79. The zero-order chi connectivity index (χ0) is 27.1. The van der Waals surface area contributed by atoms with Gasteiger partial charge in [0.1, 0.15) is 0 Å². The third kappa shape index (κ3) is 6.70. The van der Waals surface area contributed by atoms with Crippen molar-refractivity contribution in [3.05, 3.63) is 36.4 Å². The smallest absolute Gasteiger partial charge is 0.195 e. The molecule has 2 aromatic carbocycles. The van der Waals surface area contributed by atoms with Crippen molar-refractivity contribution in [2.75, 3.05) is 36.2 Å². The molecule has 1 heterocycles. The molecular formula is C28H47N3O2SSi2. The first kappa shape index (κ1) is 29.1. The minimum absolute atomic E-state index is 0.119. The molecule has 1 aliphatic heterocycles. The summed E-state index contributed by atoms with van der Waals surface area (Å²) in [5.41, 5.74) is 4.53. The van der Waals surface area contributed by atoms with E-state index in [9.17, 15) is 0 Å². The minimum atomic E-state index is -2.01. The highest BCUT2D eigenvalue weighted by Gasteiger charge is 2.43. The SMILES string of the molecule is CN(C)c1ccc2c(c1)Nc1cc(NCC(O[Si](C)(C)C(C)(C)C)O[Si](C)(C)C(C)(C)C)ccc1S2. The molecule has 2 N–H and O–H groups in total. The number of hydrogen-bond donors (Lipinski definition) is 2. The number of anilines is 4. The topological polar surface area (TPSA) is 45.8 Å². The van der Waals surface area contributed by atoms with Crippen LogP contribution < -0.4 is 15.5 Å². The summed E-state index contributed by atoms with van der Waals surface area (Å²) in [6, 6.07) is 13.1. The number of rotatable bonds is 8. The van der Waals surface area contributed by atoms with E-state index in [-0.39, 0.29) is 16.4 Å². The van der Waals surface area contributed by atoms with Crippen molar-refractivity contribution in [3.8, 4) is 0 Å². The van der Waals surface area contributed by atoms with E-state index in [1.807, 2.05) is 11.8 Å². The highest BCUT2D eigenvalue weighted by atomic mass is 32.2. The maximum Gasteiger partial charge on any atom is 0.195 e. The lowest BCUT2D eigenvalue weighted by molar-refractivity contribution is -0.00546. The van der Waals surface area contributed by atoms with E-state index in [0.717, 1.165) is 17.1 Å². The Morgan fingerprint density at radius 1 is 0.833 bits per heavy atom. The zero-order valence-electron chi connectivity index (χ0n) is 24.4. The molecule has 0 aromatic heterocycles. The summed E-state index contributed by atoms with van der Waals surface area (Å²) in [7, 11) is 0.132. The summed E-state index contributed by atoms with van der Waals surface area (Å²) in [4.78, 5) is 4.61. The highest BCUT2D eigenvalue weighted by Crippen LogP contribution is 2.46. The minimum Gasteiger partial charge on any atom is -0.392 e. The molecule has 1 aliphatic rings. The molecule has 0 fully saturated rings. The quantitative estimate of drug-likeness (QED) is 0.218. The molecule has 0 radical (unpaired) electrons. The van der Waals surface area contributed by atoms with Crippen LogP contribution in [0.3, 0.4) is 0 Å². The lowest BCUT2D eigenvalue weighted by Crippen LogP contribution is -2.51. The van der Waals surface area contributed by atoms with Crippen LogP contribution in [0.4, 0.5) is 22.7 Å². The van der Waals surface area contributed by atoms with Crippen LogP contribution in [0.15, 0.2) is 46.2 Å². The lowest BCUT2D eigenvalue weighted by Gasteiger charge is -2.44. The van der Waals surface area contributed by atoms with Crippen molar-refractivity contribution >= 4 is 51.1 Å². The molecule has 0 saturated carbocycles. The summed E-state index contributed by atoms with van der Waals surface area (Å²) in [5, 5.41) is 7.51. The summed E-state index contributed by atoms with van der Waals surface area (Å²) in [6.07, 6.45) is -0.284. The van der Waals surface area contributed by atoms with E-state index in [0.29, 0.717) is 6.54 Å². The second-order valence-corrected chi connectivity index (χ2v) is 23.7. The van der Waals surface area contributed by atoms with E-state index in [2.05, 4.69) is 134 Å². The molecule has 200 valence electrons. The Labute approximate surface area is 226 Å². The van der Waals surface area contributed by atoms with Crippen LogP contribution >= 0.6 is 11.8 Å². The zero-order valence-corrected chi connectivity index (χ0v) is 27.2. The Morgan fingerprint density at radius 3 is 1.83 bits per heavy atom. The van der Waals surface area contributed by atoms with E-state index < -0.39 is 16.6 Å². The number of fused-ring (bicyclic) bond motifs is 2. The number of benzene rings is 2. The summed E-state index contributed by atoms with van der Waals surface area (Å²) in [5.74, 6) is 0. The molecule has 0 amide bonds. The predicted octanol–water partition coefficient (Wildman–Crippen LogP) is 8.74. The van der Waals surface area contributed by atoms with Gasteiger partial charge in [-0.3, -0.25) is 0 Å². The first-order chi connectivity index (χ1) is 16.4. The van der Waals surface area contributed by atoms with Crippen molar-refractivity contribution in [1.82, 2.24) is 0 Å². The van der Waals surface area contributed by atoms with Gasteiger partial charge in [0.2, 0.25) is 0 Å². The first-order valence-corrected chi connectivity index (χ1v) is 19.5. The summed E-state index contributed by atoms with van der Waals surface area (Å²) < 4.78 is 13.6. The molecule has 8 heteroatoms. The van der Waals surface area contributed by atoms with Crippen molar-refractivity contribution in [1.29, 1.82) is 0 Å². The Bertz CT molecular complexity index is 1050. The second-order valence-electron chi connectivity index (χ2n) is 13.1. The van der Waals surface area contributed by atoms with Gasteiger partial charge in [0.15, 0.2) is 22.9 Å². The number of hydrogen-bond acceptors (Lipinski definition) is 6. The standard InChI is InChI=1S/C28H47N3O2SSi2/c1-27(2,3)35(9,10)32-26(33-36(11,12)28(4,5)6)19-29-20-13-15-24-22(17-20)30-23-18-21(31(7)8)14-16-25(23)34-24/h13-18,26,29-30H,19H2,1-12H3. The van der Waals surface area contributed by atoms with Crippen molar-refractivity contribution in [2.45, 2.75) is 93.9 Å². The van der Waals surface area contributed by atoms with Gasteiger partial charge in [0.05, 0.1) is 17.9 Å². The van der Waals surface area contributed by atoms with Crippen molar-refractivity contribution < 1.29 is 8.85 Å². The molecule has 36 heavy (non-hydrogen) atoms. The molecule has 0 atom stereocenters. The van der Waals surface area contributed by atoms with Gasteiger partial charge in [0.25, 0.3) is 0 Å². The van der Waals surface area contributed by atoms with Gasteiger partial charge < -0.3 is 24.4 Å². The van der Waals surface area contributed by atoms with Gasteiger partial charge in [-0.15, -0.1) is 0 Å². The monoisotopic (exact) mass is 545 g/mol. The van der Waals surface area contributed by atoms with Gasteiger partial charge in [-0.25, -0.2) is 0 Å². The maximum atomic E-state index is 6.81. The molecular weight excluding hydrogens is 499 g/mol. The van der Waals surface area contributed by atoms with Gasteiger partial charge in [-0.2, -0.15) is 0 Å². The largest absolute Gasteiger partial charge is 0.392 e. The fraction of sp³-hybridized carbons (Fsp3) is 0.571. The molecule has 0 aliphatic carbocycles. The molecule has 0 bridgehead atoms. The molecule has 3 rings (SSSR count). The van der Waals surface area contributed by atoms with Crippen LogP contribution in [0.2, 0.25) is 36.3 Å². The molecule has 2 aromatic rings. The average molecular weight is 546 g/mol.